The van der Waals surface area contributed by atoms with Gasteiger partial charge >= 0.3 is 0 Å². The molecule has 1 aliphatic heterocycles. The minimum atomic E-state index is 0. The molecule has 10 heteroatoms. The first-order valence-corrected chi connectivity index (χ1v) is 11.5. The SMILES string of the molecule is COc1ccc(CCCCNC(=NCc2nnc(C)n2C)NCCN2CCOCC2)cc1.I. The molecule has 1 aliphatic rings. The van der Waals surface area contributed by atoms with E-state index in [9.17, 15) is 0 Å². The minimum absolute atomic E-state index is 0. The Morgan fingerprint density at radius 3 is 2.48 bits per heavy atom. The van der Waals surface area contributed by atoms with E-state index in [0.717, 1.165) is 88.6 Å². The molecular formula is C23H38IN7O2. The number of guanidine groups is 1. The molecule has 33 heavy (non-hydrogen) atoms. The van der Waals surface area contributed by atoms with Crippen molar-refractivity contribution in [3.05, 3.63) is 41.5 Å². The van der Waals surface area contributed by atoms with Gasteiger partial charge in [0.25, 0.3) is 0 Å². The predicted molar refractivity (Wildman–Crippen MR) is 141 cm³/mol. The monoisotopic (exact) mass is 571 g/mol. The topological polar surface area (TPSA) is 88.8 Å². The molecule has 1 saturated heterocycles. The van der Waals surface area contributed by atoms with Gasteiger partial charge in [-0.25, -0.2) is 4.99 Å². The zero-order chi connectivity index (χ0) is 22.6. The summed E-state index contributed by atoms with van der Waals surface area (Å²) in [4.78, 5) is 7.15. The standard InChI is InChI=1S/C23H37N7O2.HI/c1-19-27-28-22(29(19)2)18-26-23(25-12-13-30-14-16-32-17-15-30)24-11-5-4-6-20-7-9-21(31-3)10-8-20;/h7-10H,4-6,11-18H2,1-3H3,(H2,24,25,26);1H. The Hall–Kier alpha value is -1.92. The summed E-state index contributed by atoms with van der Waals surface area (Å²) < 4.78 is 12.6. The van der Waals surface area contributed by atoms with Crippen LogP contribution in [0.2, 0.25) is 0 Å². The number of benzene rings is 1. The van der Waals surface area contributed by atoms with Crippen molar-refractivity contribution in [3.63, 3.8) is 0 Å². The lowest BCUT2D eigenvalue weighted by atomic mass is 10.1. The van der Waals surface area contributed by atoms with Gasteiger partial charge in [-0.2, -0.15) is 0 Å². The number of aliphatic imine (C=N–C) groups is 1. The summed E-state index contributed by atoms with van der Waals surface area (Å²) in [6.45, 7) is 8.75. The van der Waals surface area contributed by atoms with Crippen LogP contribution in [0.3, 0.4) is 0 Å². The average molecular weight is 572 g/mol. The number of hydrogen-bond donors (Lipinski definition) is 2. The van der Waals surface area contributed by atoms with Crippen molar-refractivity contribution >= 4 is 29.9 Å². The molecule has 0 unspecified atom stereocenters. The third kappa shape index (κ3) is 9.46. The molecule has 0 aliphatic carbocycles. The second-order valence-corrected chi connectivity index (χ2v) is 8.00. The summed E-state index contributed by atoms with van der Waals surface area (Å²) >= 11 is 0. The van der Waals surface area contributed by atoms with E-state index in [4.69, 9.17) is 14.5 Å². The van der Waals surface area contributed by atoms with Crippen molar-refractivity contribution in [1.82, 2.24) is 30.3 Å². The van der Waals surface area contributed by atoms with Crippen LogP contribution in [0.25, 0.3) is 0 Å². The van der Waals surface area contributed by atoms with E-state index >= 15 is 0 Å². The Kier molecular flexibility index (Phi) is 12.5. The van der Waals surface area contributed by atoms with Gasteiger partial charge in [0.2, 0.25) is 0 Å². The molecule has 1 fully saturated rings. The van der Waals surface area contributed by atoms with Crippen LogP contribution in [-0.2, 0) is 24.8 Å². The third-order valence-electron chi connectivity index (χ3n) is 5.73. The van der Waals surface area contributed by atoms with Crippen LogP contribution in [0.15, 0.2) is 29.3 Å². The maximum absolute atomic E-state index is 5.43. The number of unbranched alkanes of at least 4 members (excludes halogenated alkanes) is 1. The number of ether oxygens (including phenoxy) is 2. The maximum Gasteiger partial charge on any atom is 0.191 e. The highest BCUT2D eigenvalue weighted by Crippen LogP contribution is 2.13. The van der Waals surface area contributed by atoms with Crippen LogP contribution in [-0.4, -0.2) is 78.7 Å². The fraction of sp³-hybridized carbons (Fsp3) is 0.609. The lowest BCUT2D eigenvalue weighted by molar-refractivity contribution is 0.0389. The second-order valence-electron chi connectivity index (χ2n) is 8.00. The fourth-order valence-electron chi connectivity index (χ4n) is 3.52. The first-order valence-electron chi connectivity index (χ1n) is 11.5. The van der Waals surface area contributed by atoms with E-state index in [1.807, 2.05) is 30.7 Å². The average Bonchev–Trinajstić information content (AvgIpc) is 3.15. The summed E-state index contributed by atoms with van der Waals surface area (Å²) in [5.41, 5.74) is 1.33. The van der Waals surface area contributed by atoms with E-state index in [-0.39, 0.29) is 24.0 Å². The number of methoxy groups -OCH3 is 1. The van der Waals surface area contributed by atoms with Crippen LogP contribution < -0.4 is 15.4 Å². The van der Waals surface area contributed by atoms with Crippen LogP contribution >= 0.6 is 24.0 Å². The summed E-state index contributed by atoms with van der Waals surface area (Å²) in [6, 6.07) is 8.31. The highest BCUT2D eigenvalue weighted by Gasteiger charge is 2.10. The van der Waals surface area contributed by atoms with Gasteiger partial charge in [0.15, 0.2) is 11.8 Å². The summed E-state index contributed by atoms with van der Waals surface area (Å²) in [5, 5.41) is 15.3. The van der Waals surface area contributed by atoms with Gasteiger partial charge in [-0.05, 0) is 43.9 Å². The predicted octanol–water partition coefficient (Wildman–Crippen LogP) is 2.14. The molecule has 1 aromatic heterocycles. The minimum Gasteiger partial charge on any atom is -0.497 e. The number of morpholine rings is 1. The van der Waals surface area contributed by atoms with E-state index in [2.05, 4.69) is 37.9 Å². The molecule has 0 spiro atoms. The highest BCUT2D eigenvalue weighted by molar-refractivity contribution is 14.0. The maximum atomic E-state index is 5.43. The molecule has 0 bridgehead atoms. The van der Waals surface area contributed by atoms with Crippen LogP contribution in [0, 0.1) is 6.92 Å². The molecule has 3 rings (SSSR count). The summed E-state index contributed by atoms with van der Waals surface area (Å²) in [7, 11) is 3.67. The number of nitrogens with one attached hydrogen (secondary N) is 2. The second kappa shape index (κ2) is 15.1. The van der Waals surface area contributed by atoms with E-state index < -0.39 is 0 Å². The van der Waals surface area contributed by atoms with Gasteiger partial charge < -0.3 is 24.7 Å². The first kappa shape index (κ1) is 27.3. The molecule has 0 radical (unpaired) electrons. The number of aryl methyl sites for hydroxylation is 2. The molecular weight excluding hydrogens is 533 g/mol. The smallest absolute Gasteiger partial charge is 0.191 e. The Bertz CT molecular complexity index is 836. The normalized spacial score (nSPS) is 14.6. The largest absolute Gasteiger partial charge is 0.497 e. The zero-order valence-corrected chi connectivity index (χ0v) is 22.4. The van der Waals surface area contributed by atoms with Crippen molar-refractivity contribution in [3.8, 4) is 5.75 Å². The van der Waals surface area contributed by atoms with Crippen molar-refractivity contribution in [2.75, 3.05) is 53.0 Å². The van der Waals surface area contributed by atoms with Crippen molar-refractivity contribution in [2.45, 2.75) is 32.7 Å². The molecule has 2 aromatic rings. The van der Waals surface area contributed by atoms with Gasteiger partial charge in [0.1, 0.15) is 18.1 Å². The number of hydrogen-bond acceptors (Lipinski definition) is 6. The molecule has 184 valence electrons. The number of nitrogens with zero attached hydrogens (tertiary/aromatic N) is 5. The first-order chi connectivity index (χ1) is 15.7. The zero-order valence-electron chi connectivity index (χ0n) is 20.0. The quantitative estimate of drug-likeness (QED) is 0.185. The Morgan fingerprint density at radius 2 is 1.82 bits per heavy atom. The van der Waals surface area contributed by atoms with Gasteiger partial charge in [-0.15, -0.1) is 34.2 Å². The molecule has 2 heterocycles. The fourth-order valence-corrected chi connectivity index (χ4v) is 3.52. The van der Waals surface area contributed by atoms with Crippen molar-refractivity contribution < 1.29 is 9.47 Å². The Morgan fingerprint density at radius 1 is 1.09 bits per heavy atom. The molecule has 9 nitrogen and oxygen atoms in total. The van der Waals surface area contributed by atoms with E-state index in [0.29, 0.717) is 6.54 Å². The van der Waals surface area contributed by atoms with Gasteiger partial charge in [0, 0.05) is 39.8 Å². The number of aromatic nitrogens is 3. The lowest BCUT2D eigenvalue weighted by Crippen LogP contribution is -2.44. The lowest BCUT2D eigenvalue weighted by Gasteiger charge is -2.26. The number of halogens is 1. The van der Waals surface area contributed by atoms with E-state index in [1.165, 1.54) is 5.56 Å². The highest BCUT2D eigenvalue weighted by atomic mass is 127. The van der Waals surface area contributed by atoms with Crippen LogP contribution in [0.4, 0.5) is 0 Å². The summed E-state index contributed by atoms with van der Waals surface area (Å²) in [5.74, 6) is 3.47. The summed E-state index contributed by atoms with van der Waals surface area (Å²) in [6.07, 6.45) is 3.24. The van der Waals surface area contributed by atoms with Gasteiger partial charge in [-0.1, -0.05) is 12.1 Å². The third-order valence-corrected chi connectivity index (χ3v) is 5.73. The molecule has 0 amide bonds. The van der Waals surface area contributed by atoms with Crippen molar-refractivity contribution in [2.24, 2.45) is 12.0 Å². The van der Waals surface area contributed by atoms with Crippen LogP contribution in [0.1, 0.15) is 30.1 Å². The Labute approximate surface area is 214 Å². The van der Waals surface area contributed by atoms with Crippen molar-refractivity contribution in [1.29, 1.82) is 0 Å². The van der Waals surface area contributed by atoms with Crippen LogP contribution in [0.5, 0.6) is 5.75 Å². The van der Waals surface area contributed by atoms with E-state index in [1.54, 1.807) is 7.11 Å². The molecule has 2 N–H and O–H groups in total. The molecule has 0 saturated carbocycles. The van der Waals surface area contributed by atoms with Gasteiger partial charge in [0.05, 0.1) is 20.3 Å². The number of rotatable bonds is 11. The van der Waals surface area contributed by atoms with Gasteiger partial charge in [-0.3, -0.25) is 4.90 Å². The Balaban J connectivity index is 0.00000385. The molecule has 0 atom stereocenters. The molecule has 1 aromatic carbocycles.